The normalized spacial score (nSPS) is 11.7. The summed E-state index contributed by atoms with van der Waals surface area (Å²) in [5.74, 6) is 0.490. The van der Waals surface area contributed by atoms with E-state index in [9.17, 15) is 4.79 Å². The first kappa shape index (κ1) is 15.9. The van der Waals surface area contributed by atoms with Crippen molar-refractivity contribution in [3.63, 3.8) is 0 Å². The van der Waals surface area contributed by atoms with Crippen LogP contribution in [0.3, 0.4) is 0 Å². The van der Waals surface area contributed by atoms with Gasteiger partial charge in [0.2, 0.25) is 0 Å². The largest absolute Gasteiger partial charge is 0.396 e. The Kier molecular flexibility index (Phi) is 5.85. The first-order chi connectivity index (χ1) is 10.7. The molecule has 0 aliphatic carbocycles. The van der Waals surface area contributed by atoms with Gasteiger partial charge in [-0.05, 0) is 38.0 Å². The minimum absolute atomic E-state index is 0.0243. The number of aliphatic hydroxyl groups excluding tert-OH is 1. The van der Waals surface area contributed by atoms with E-state index >= 15 is 0 Å². The van der Waals surface area contributed by atoms with Crippen LogP contribution in [-0.2, 0) is 0 Å². The van der Waals surface area contributed by atoms with Gasteiger partial charge < -0.3 is 15.7 Å². The number of benzene rings is 1. The fourth-order valence-corrected chi connectivity index (χ4v) is 2.03. The standard InChI is InChI=1S/C16H20N4O2/c1-12(4-3-9-21)19-16(22)13-5-2-6-14(10-13)20-15-11-17-7-8-18-15/h2,5-8,10-12,21H,3-4,9H2,1H3,(H,18,20)(H,19,22). The minimum atomic E-state index is -0.131. The molecular weight excluding hydrogens is 280 g/mol. The molecule has 0 saturated heterocycles. The summed E-state index contributed by atoms with van der Waals surface area (Å²) < 4.78 is 0. The molecule has 1 aromatic heterocycles. The maximum Gasteiger partial charge on any atom is 0.251 e. The van der Waals surface area contributed by atoms with Crippen molar-refractivity contribution in [1.29, 1.82) is 0 Å². The van der Waals surface area contributed by atoms with Gasteiger partial charge in [-0.25, -0.2) is 4.98 Å². The summed E-state index contributed by atoms with van der Waals surface area (Å²) in [6.45, 7) is 2.06. The number of rotatable bonds is 7. The third-order valence-electron chi connectivity index (χ3n) is 3.13. The SMILES string of the molecule is CC(CCCO)NC(=O)c1cccc(Nc2cnccn2)c1. The number of amides is 1. The van der Waals surface area contributed by atoms with Crippen LogP contribution in [0.2, 0.25) is 0 Å². The van der Waals surface area contributed by atoms with Crippen LogP contribution in [0.15, 0.2) is 42.9 Å². The lowest BCUT2D eigenvalue weighted by Crippen LogP contribution is -2.32. The topological polar surface area (TPSA) is 87.1 Å². The van der Waals surface area contributed by atoms with E-state index in [4.69, 9.17) is 5.11 Å². The van der Waals surface area contributed by atoms with Crippen molar-refractivity contribution in [3.05, 3.63) is 48.4 Å². The summed E-state index contributed by atoms with van der Waals surface area (Å²) in [5, 5.41) is 14.8. The molecule has 116 valence electrons. The highest BCUT2D eigenvalue weighted by Crippen LogP contribution is 2.15. The zero-order valence-corrected chi connectivity index (χ0v) is 12.5. The molecule has 0 radical (unpaired) electrons. The monoisotopic (exact) mass is 300 g/mol. The lowest BCUT2D eigenvalue weighted by Gasteiger charge is -2.14. The predicted octanol–water partition coefficient (Wildman–Crippen LogP) is 2.11. The van der Waals surface area contributed by atoms with Crippen LogP contribution in [0.25, 0.3) is 0 Å². The molecule has 0 spiro atoms. The predicted molar refractivity (Wildman–Crippen MR) is 85.0 cm³/mol. The van der Waals surface area contributed by atoms with E-state index in [1.54, 1.807) is 30.7 Å². The fourth-order valence-electron chi connectivity index (χ4n) is 2.03. The van der Waals surface area contributed by atoms with Crippen molar-refractivity contribution in [3.8, 4) is 0 Å². The van der Waals surface area contributed by atoms with Crippen molar-refractivity contribution in [2.75, 3.05) is 11.9 Å². The molecule has 0 aliphatic rings. The van der Waals surface area contributed by atoms with Crippen molar-refractivity contribution >= 4 is 17.4 Å². The highest BCUT2D eigenvalue weighted by molar-refractivity contribution is 5.95. The van der Waals surface area contributed by atoms with Crippen LogP contribution in [0.4, 0.5) is 11.5 Å². The van der Waals surface area contributed by atoms with Gasteiger partial charge in [0.1, 0.15) is 5.82 Å². The van der Waals surface area contributed by atoms with Crippen molar-refractivity contribution < 1.29 is 9.90 Å². The third-order valence-corrected chi connectivity index (χ3v) is 3.13. The molecular formula is C16H20N4O2. The highest BCUT2D eigenvalue weighted by atomic mass is 16.3. The van der Waals surface area contributed by atoms with Crippen molar-refractivity contribution in [2.45, 2.75) is 25.8 Å². The van der Waals surface area contributed by atoms with Crippen LogP contribution in [0.1, 0.15) is 30.1 Å². The molecule has 6 nitrogen and oxygen atoms in total. The number of anilines is 2. The Morgan fingerprint density at radius 1 is 1.36 bits per heavy atom. The molecule has 3 N–H and O–H groups in total. The van der Waals surface area contributed by atoms with Crippen molar-refractivity contribution in [1.82, 2.24) is 15.3 Å². The Labute approximate surface area is 129 Å². The Morgan fingerprint density at radius 3 is 2.95 bits per heavy atom. The van der Waals surface area contributed by atoms with Gasteiger partial charge in [-0.2, -0.15) is 0 Å². The smallest absolute Gasteiger partial charge is 0.251 e. The van der Waals surface area contributed by atoms with Crippen LogP contribution < -0.4 is 10.6 Å². The van der Waals surface area contributed by atoms with Gasteiger partial charge >= 0.3 is 0 Å². The second-order valence-corrected chi connectivity index (χ2v) is 5.04. The van der Waals surface area contributed by atoms with Gasteiger partial charge in [0.25, 0.3) is 5.91 Å². The molecule has 1 heterocycles. The summed E-state index contributed by atoms with van der Waals surface area (Å²) in [4.78, 5) is 20.3. The maximum atomic E-state index is 12.2. The van der Waals surface area contributed by atoms with E-state index in [1.165, 1.54) is 0 Å². The molecule has 2 rings (SSSR count). The highest BCUT2D eigenvalue weighted by Gasteiger charge is 2.10. The number of aromatic nitrogens is 2. The Hall–Kier alpha value is -2.47. The number of carbonyl (C=O) groups is 1. The summed E-state index contributed by atoms with van der Waals surface area (Å²) in [5.41, 5.74) is 1.35. The molecule has 0 aliphatic heterocycles. The summed E-state index contributed by atoms with van der Waals surface area (Å²) in [6, 6.07) is 7.22. The molecule has 0 fully saturated rings. The molecule has 1 unspecified atom stereocenters. The molecule has 1 aromatic carbocycles. The molecule has 0 saturated carbocycles. The van der Waals surface area contributed by atoms with Gasteiger partial charge in [-0.15, -0.1) is 0 Å². The Balaban J connectivity index is 2.00. The molecule has 1 atom stereocenters. The first-order valence-electron chi connectivity index (χ1n) is 7.24. The maximum absolute atomic E-state index is 12.2. The van der Waals surface area contributed by atoms with Crippen LogP contribution in [-0.4, -0.2) is 33.6 Å². The van der Waals surface area contributed by atoms with E-state index in [-0.39, 0.29) is 18.6 Å². The molecule has 2 aromatic rings. The summed E-state index contributed by atoms with van der Waals surface area (Å²) >= 11 is 0. The lowest BCUT2D eigenvalue weighted by atomic mass is 10.1. The van der Waals surface area contributed by atoms with Gasteiger partial charge in [-0.3, -0.25) is 9.78 Å². The Bertz CT molecular complexity index is 604. The quantitative estimate of drug-likeness (QED) is 0.729. The number of carbonyl (C=O) groups excluding carboxylic acids is 1. The van der Waals surface area contributed by atoms with E-state index in [0.717, 1.165) is 12.1 Å². The summed E-state index contributed by atoms with van der Waals surface area (Å²) in [6.07, 6.45) is 6.24. The second kappa shape index (κ2) is 8.09. The summed E-state index contributed by atoms with van der Waals surface area (Å²) in [7, 11) is 0. The van der Waals surface area contributed by atoms with Crippen LogP contribution in [0.5, 0.6) is 0 Å². The molecule has 22 heavy (non-hydrogen) atoms. The van der Waals surface area contributed by atoms with Gasteiger partial charge in [0, 0.05) is 36.3 Å². The Morgan fingerprint density at radius 2 is 2.23 bits per heavy atom. The number of nitrogens with one attached hydrogen (secondary N) is 2. The number of hydrogen-bond donors (Lipinski definition) is 3. The minimum Gasteiger partial charge on any atom is -0.396 e. The van der Waals surface area contributed by atoms with Gasteiger partial charge in [0.15, 0.2) is 0 Å². The zero-order chi connectivity index (χ0) is 15.8. The van der Waals surface area contributed by atoms with E-state index in [2.05, 4.69) is 20.6 Å². The average molecular weight is 300 g/mol. The van der Waals surface area contributed by atoms with Gasteiger partial charge in [0.05, 0.1) is 6.20 Å². The van der Waals surface area contributed by atoms with E-state index < -0.39 is 0 Å². The van der Waals surface area contributed by atoms with Crippen LogP contribution in [0, 0.1) is 0 Å². The lowest BCUT2D eigenvalue weighted by molar-refractivity contribution is 0.0936. The second-order valence-electron chi connectivity index (χ2n) is 5.04. The van der Waals surface area contributed by atoms with Gasteiger partial charge in [-0.1, -0.05) is 6.07 Å². The molecule has 6 heteroatoms. The fraction of sp³-hybridized carbons (Fsp3) is 0.312. The average Bonchev–Trinajstić information content (AvgIpc) is 2.54. The van der Waals surface area contributed by atoms with E-state index in [1.807, 2.05) is 19.1 Å². The van der Waals surface area contributed by atoms with Crippen LogP contribution >= 0.6 is 0 Å². The zero-order valence-electron chi connectivity index (χ0n) is 12.5. The number of aliphatic hydroxyl groups is 1. The number of hydrogen-bond acceptors (Lipinski definition) is 5. The molecule has 0 bridgehead atoms. The number of nitrogens with zero attached hydrogens (tertiary/aromatic N) is 2. The van der Waals surface area contributed by atoms with E-state index in [0.29, 0.717) is 17.8 Å². The third kappa shape index (κ3) is 4.82. The molecule has 1 amide bonds. The first-order valence-corrected chi connectivity index (χ1v) is 7.24. The van der Waals surface area contributed by atoms with Crippen molar-refractivity contribution in [2.24, 2.45) is 0 Å².